The van der Waals surface area contributed by atoms with Gasteiger partial charge in [-0.2, -0.15) is 0 Å². The first-order valence-electron chi connectivity index (χ1n) is 5.99. The molecule has 3 rings (SSSR count). The molecule has 17 heavy (non-hydrogen) atoms. The monoisotopic (exact) mass is 312 g/mol. The fourth-order valence-electron chi connectivity index (χ4n) is 2.78. The number of nitrogens with one attached hydrogen (secondary N) is 1. The van der Waals surface area contributed by atoms with Crippen LogP contribution in [-0.4, -0.2) is 17.6 Å². The van der Waals surface area contributed by atoms with Crippen LogP contribution in [0.5, 0.6) is 0 Å². The van der Waals surface area contributed by atoms with Gasteiger partial charge in [-0.3, -0.25) is 0 Å². The van der Waals surface area contributed by atoms with Crippen molar-refractivity contribution in [1.82, 2.24) is 10.3 Å². The van der Waals surface area contributed by atoms with Gasteiger partial charge in [-0.25, -0.2) is 4.98 Å². The molecular formula is C13H14BrClN2. The highest BCUT2D eigenvalue weighted by atomic mass is 79.9. The van der Waals surface area contributed by atoms with Gasteiger partial charge in [0.15, 0.2) is 0 Å². The average Bonchev–Trinajstić information content (AvgIpc) is 2.79. The van der Waals surface area contributed by atoms with Crippen molar-refractivity contribution in [3.8, 4) is 0 Å². The Kier molecular flexibility index (Phi) is 3.24. The zero-order chi connectivity index (χ0) is 11.8. The van der Waals surface area contributed by atoms with E-state index >= 15 is 0 Å². The van der Waals surface area contributed by atoms with Gasteiger partial charge in [-0.15, -0.1) is 0 Å². The average molecular weight is 314 g/mol. The molecule has 1 aromatic heterocycles. The van der Waals surface area contributed by atoms with E-state index in [4.69, 9.17) is 11.6 Å². The van der Waals surface area contributed by atoms with Gasteiger partial charge in [0.1, 0.15) is 4.60 Å². The van der Waals surface area contributed by atoms with E-state index in [9.17, 15) is 0 Å². The zero-order valence-electron chi connectivity index (χ0n) is 9.42. The second-order valence-electron chi connectivity index (χ2n) is 4.76. The van der Waals surface area contributed by atoms with E-state index in [0.717, 1.165) is 29.1 Å². The smallest absolute Gasteiger partial charge is 0.124 e. The molecule has 2 aliphatic rings. The first-order chi connectivity index (χ1) is 8.24. The van der Waals surface area contributed by atoms with Crippen LogP contribution >= 0.6 is 27.5 Å². The molecular weight excluding hydrogens is 300 g/mol. The highest BCUT2D eigenvalue weighted by Gasteiger charge is 2.28. The Labute approximate surface area is 115 Å². The molecule has 1 N–H and O–H groups in total. The summed E-state index contributed by atoms with van der Waals surface area (Å²) in [6.07, 6.45) is 7.99. The highest BCUT2D eigenvalue weighted by Crippen LogP contribution is 2.35. The van der Waals surface area contributed by atoms with Gasteiger partial charge >= 0.3 is 0 Å². The molecule has 2 unspecified atom stereocenters. The van der Waals surface area contributed by atoms with Gasteiger partial charge in [0.25, 0.3) is 0 Å². The molecule has 0 saturated carbocycles. The van der Waals surface area contributed by atoms with Crippen LogP contribution in [0.15, 0.2) is 22.9 Å². The van der Waals surface area contributed by atoms with Crippen molar-refractivity contribution in [1.29, 1.82) is 0 Å². The topological polar surface area (TPSA) is 24.9 Å². The summed E-state index contributed by atoms with van der Waals surface area (Å²) in [6, 6.07) is 2.56. The largest absolute Gasteiger partial charge is 0.310 e. The number of aromatic nitrogens is 1. The molecule has 0 amide bonds. The maximum Gasteiger partial charge on any atom is 0.124 e. The minimum atomic E-state index is 0.557. The number of allylic oxidation sites excluding steroid dienone is 1. The Morgan fingerprint density at radius 2 is 2.29 bits per heavy atom. The quantitative estimate of drug-likeness (QED) is 0.801. The molecule has 2 atom stereocenters. The lowest BCUT2D eigenvalue weighted by Crippen LogP contribution is -2.27. The van der Waals surface area contributed by atoms with Crippen molar-refractivity contribution in [2.24, 2.45) is 5.92 Å². The van der Waals surface area contributed by atoms with E-state index in [2.05, 4.69) is 32.3 Å². The molecule has 0 bridgehead atoms. The molecule has 2 nitrogen and oxygen atoms in total. The number of fused-ring (bicyclic) bond motifs is 1. The predicted molar refractivity (Wildman–Crippen MR) is 74.1 cm³/mol. The minimum Gasteiger partial charge on any atom is -0.310 e. The molecule has 1 aliphatic heterocycles. The SMILES string of the molecule is Clc1cc(C2=CC3NCCC3CC2)cnc1Br. The van der Waals surface area contributed by atoms with Crippen LogP contribution in [0.1, 0.15) is 24.8 Å². The third-order valence-corrected chi connectivity index (χ3v) is 4.88. The van der Waals surface area contributed by atoms with Crippen LogP contribution in [0, 0.1) is 5.92 Å². The van der Waals surface area contributed by atoms with Crippen LogP contribution in [0.2, 0.25) is 5.02 Å². The molecule has 0 aromatic carbocycles. The van der Waals surface area contributed by atoms with Crippen LogP contribution in [0.4, 0.5) is 0 Å². The van der Waals surface area contributed by atoms with Gasteiger partial charge in [-0.05, 0) is 64.9 Å². The standard InChI is InChI=1S/C13H14BrClN2/c14-13-11(15)5-10(7-17-13)9-2-1-8-3-4-16-12(8)6-9/h5-8,12,16H,1-4H2. The lowest BCUT2D eigenvalue weighted by molar-refractivity contribution is 0.465. The number of pyridine rings is 1. The number of hydrogen-bond acceptors (Lipinski definition) is 2. The number of halogens is 2. The summed E-state index contributed by atoms with van der Waals surface area (Å²) in [4.78, 5) is 4.26. The van der Waals surface area contributed by atoms with Crippen molar-refractivity contribution in [2.45, 2.75) is 25.3 Å². The van der Waals surface area contributed by atoms with E-state index in [-0.39, 0.29) is 0 Å². The maximum atomic E-state index is 6.09. The van der Waals surface area contributed by atoms with Gasteiger partial charge in [0.2, 0.25) is 0 Å². The van der Waals surface area contributed by atoms with Crippen LogP contribution < -0.4 is 5.32 Å². The van der Waals surface area contributed by atoms with E-state index in [1.165, 1.54) is 18.4 Å². The Hall–Kier alpha value is -0.380. The molecule has 90 valence electrons. The molecule has 1 saturated heterocycles. The zero-order valence-corrected chi connectivity index (χ0v) is 11.8. The lowest BCUT2D eigenvalue weighted by Gasteiger charge is -2.24. The van der Waals surface area contributed by atoms with Crippen molar-refractivity contribution >= 4 is 33.1 Å². The Morgan fingerprint density at radius 1 is 1.41 bits per heavy atom. The lowest BCUT2D eigenvalue weighted by atomic mass is 9.84. The number of rotatable bonds is 1. The van der Waals surface area contributed by atoms with Crippen molar-refractivity contribution in [2.75, 3.05) is 6.54 Å². The maximum absolute atomic E-state index is 6.09. The Morgan fingerprint density at radius 3 is 3.12 bits per heavy atom. The summed E-state index contributed by atoms with van der Waals surface area (Å²) in [5.41, 5.74) is 2.54. The molecule has 4 heteroatoms. The molecule has 1 aliphatic carbocycles. The van der Waals surface area contributed by atoms with Gasteiger partial charge in [0, 0.05) is 12.2 Å². The second-order valence-corrected chi connectivity index (χ2v) is 5.91. The normalized spacial score (nSPS) is 27.8. The summed E-state index contributed by atoms with van der Waals surface area (Å²) in [7, 11) is 0. The summed E-state index contributed by atoms with van der Waals surface area (Å²) < 4.78 is 0.719. The second kappa shape index (κ2) is 4.71. The fourth-order valence-corrected chi connectivity index (χ4v) is 3.16. The van der Waals surface area contributed by atoms with Gasteiger partial charge in [-0.1, -0.05) is 17.7 Å². The first kappa shape index (κ1) is 11.7. The summed E-state index contributed by atoms with van der Waals surface area (Å²) >= 11 is 9.42. The highest BCUT2D eigenvalue weighted by molar-refractivity contribution is 9.10. The van der Waals surface area contributed by atoms with Crippen LogP contribution in [0.25, 0.3) is 5.57 Å². The number of nitrogens with zero attached hydrogens (tertiary/aromatic N) is 1. The molecule has 1 fully saturated rings. The van der Waals surface area contributed by atoms with Gasteiger partial charge in [0.05, 0.1) is 5.02 Å². The summed E-state index contributed by atoms with van der Waals surface area (Å²) in [5.74, 6) is 0.831. The molecule has 0 radical (unpaired) electrons. The van der Waals surface area contributed by atoms with E-state index in [1.807, 2.05) is 12.3 Å². The van der Waals surface area contributed by atoms with E-state index < -0.39 is 0 Å². The predicted octanol–water partition coefficient (Wildman–Crippen LogP) is 3.65. The minimum absolute atomic E-state index is 0.557. The Bertz CT molecular complexity index is 472. The van der Waals surface area contributed by atoms with Crippen LogP contribution in [0.3, 0.4) is 0 Å². The molecule has 0 spiro atoms. The van der Waals surface area contributed by atoms with Gasteiger partial charge < -0.3 is 5.32 Å². The third-order valence-electron chi connectivity index (χ3n) is 3.74. The summed E-state index contributed by atoms with van der Waals surface area (Å²) in [5, 5.41) is 4.23. The third kappa shape index (κ3) is 2.28. The van der Waals surface area contributed by atoms with Crippen molar-refractivity contribution in [3.63, 3.8) is 0 Å². The Balaban J connectivity index is 1.91. The first-order valence-corrected chi connectivity index (χ1v) is 7.16. The number of hydrogen-bond donors (Lipinski definition) is 1. The van der Waals surface area contributed by atoms with E-state index in [0.29, 0.717) is 11.1 Å². The van der Waals surface area contributed by atoms with Crippen molar-refractivity contribution < 1.29 is 0 Å². The van der Waals surface area contributed by atoms with Crippen molar-refractivity contribution in [3.05, 3.63) is 33.5 Å². The summed E-state index contributed by atoms with van der Waals surface area (Å²) in [6.45, 7) is 1.15. The molecule has 2 heterocycles. The van der Waals surface area contributed by atoms with E-state index in [1.54, 1.807) is 0 Å². The van der Waals surface area contributed by atoms with Crippen LogP contribution in [-0.2, 0) is 0 Å². The molecule has 1 aromatic rings. The fraction of sp³-hybridized carbons (Fsp3) is 0.462.